The highest BCUT2D eigenvalue weighted by Crippen LogP contribution is 2.14. The average Bonchev–Trinajstić information content (AvgIpc) is 2.90. The lowest BCUT2D eigenvalue weighted by molar-refractivity contribution is 0.630. The highest BCUT2D eigenvalue weighted by atomic mass is 35.5. The maximum atomic E-state index is 12.9. The van der Waals surface area contributed by atoms with Crippen molar-refractivity contribution in [2.45, 2.75) is 13.8 Å². The Labute approximate surface area is 173 Å². The van der Waals surface area contributed by atoms with Crippen LogP contribution in [-0.2, 0) is 7.05 Å². The standard InChI is InChI=1S/C20H20ClN5OS/c1-13(15-9-11-16(21)12-10-15)23-24-20(28)22-18-14(2)25(3)26(19(18)27)17-7-5-4-6-8-17/h4-12H,1-3H3,(H2,22,24,28)/b23-13-. The summed E-state index contributed by atoms with van der Waals surface area (Å²) < 4.78 is 3.37. The fourth-order valence-corrected chi connectivity index (χ4v) is 3.02. The van der Waals surface area contributed by atoms with E-state index >= 15 is 0 Å². The molecule has 0 aliphatic carbocycles. The number of hydrogen-bond donors (Lipinski definition) is 2. The summed E-state index contributed by atoms with van der Waals surface area (Å²) in [6.07, 6.45) is 0. The van der Waals surface area contributed by atoms with Crippen LogP contribution in [0.5, 0.6) is 0 Å². The van der Waals surface area contributed by atoms with E-state index in [0.29, 0.717) is 10.7 Å². The summed E-state index contributed by atoms with van der Waals surface area (Å²) in [5, 5.41) is 8.13. The van der Waals surface area contributed by atoms with Crippen molar-refractivity contribution in [3.8, 4) is 5.69 Å². The molecule has 0 aliphatic rings. The van der Waals surface area contributed by atoms with Crippen LogP contribution in [0.15, 0.2) is 64.5 Å². The minimum absolute atomic E-state index is 0.186. The molecule has 0 radical (unpaired) electrons. The molecular formula is C20H20ClN5OS. The van der Waals surface area contributed by atoms with Gasteiger partial charge in [0.1, 0.15) is 5.69 Å². The highest BCUT2D eigenvalue weighted by molar-refractivity contribution is 7.80. The molecule has 0 bridgehead atoms. The van der Waals surface area contributed by atoms with E-state index in [2.05, 4.69) is 15.8 Å². The van der Waals surface area contributed by atoms with Crippen molar-refractivity contribution in [2.75, 3.05) is 5.32 Å². The molecule has 0 saturated carbocycles. The first kappa shape index (κ1) is 19.9. The Morgan fingerprint density at radius 1 is 1.11 bits per heavy atom. The van der Waals surface area contributed by atoms with Crippen molar-refractivity contribution in [1.29, 1.82) is 0 Å². The van der Waals surface area contributed by atoms with Crippen LogP contribution in [0.4, 0.5) is 5.69 Å². The van der Waals surface area contributed by atoms with Crippen molar-refractivity contribution >= 4 is 40.3 Å². The maximum Gasteiger partial charge on any atom is 0.295 e. The Bertz CT molecular complexity index is 1080. The Morgan fingerprint density at radius 2 is 1.75 bits per heavy atom. The summed E-state index contributed by atoms with van der Waals surface area (Å²) in [6, 6.07) is 16.8. The number of nitrogens with zero attached hydrogens (tertiary/aromatic N) is 3. The van der Waals surface area contributed by atoms with E-state index in [1.54, 1.807) is 21.5 Å². The maximum absolute atomic E-state index is 12.9. The number of rotatable bonds is 4. The molecule has 6 nitrogen and oxygen atoms in total. The van der Waals surface area contributed by atoms with Gasteiger partial charge in [-0.05, 0) is 55.9 Å². The van der Waals surface area contributed by atoms with Gasteiger partial charge in [-0.1, -0.05) is 41.9 Å². The summed E-state index contributed by atoms with van der Waals surface area (Å²) >= 11 is 11.2. The molecule has 1 heterocycles. The molecular weight excluding hydrogens is 394 g/mol. The van der Waals surface area contributed by atoms with E-state index < -0.39 is 0 Å². The quantitative estimate of drug-likeness (QED) is 0.387. The van der Waals surface area contributed by atoms with E-state index in [0.717, 1.165) is 22.7 Å². The van der Waals surface area contributed by atoms with Crippen LogP contribution in [0, 0.1) is 6.92 Å². The minimum Gasteiger partial charge on any atom is -0.325 e. The molecule has 0 fully saturated rings. The van der Waals surface area contributed by atoms with Gasteiger partial charge >= 0.3 is 0 Å². The van der Waals surface area contributed by atoms with Crippen LogP contribution in [0.1, 0.15) is 18.2 Å². The molecule has 2 N–H and O–H groups in total. The Balaban J connectivity index is 1.78. The number of thiocarbonyl (C=S) groups is 1. The second-order valence-corrected chi connectivity index (χ2v) is 7.05. The summed E-state index contributed by atoms with van der Waals surface area (Å²) in [7, 11) is 1.83. The van der Waals surface area contributed by atoms with Gasteiger partial charge < -0.3 is 5.32 Å². The number of hydrazone groups is 1. The molecule has 8 heteroatoms. The number of hydrogen-bond acceptors (Lipinski definition) is 3. The SMILES string of the molecule is C/C(=N/NC(=S)Nc1c(C)n(C)n(-c2ccccc2)c1=O)c1ccc(Cl)cc1. The van der Waals surface area contributed by atoms with Gasteiger partial charge in [0, 0.05) is 12.1 Å². The average molecular weight is 414 g/mol. The van der Waals surface area contributed by atoms with Gasteiger partial charge in [0.25, 0.3) is 5.56 Å². The van der Waals surface area contributed by atoms with Gasteiger partial charge in [0.05, 0.1) is 17.1 Å². The number of para-hydroxylation sites is 1. The van der Waals surface area contributed by atoms with Gasteiger partial charge in [-0.25, -0.2) is 4.68 Å². The third-order valence-electron chi connectivity index (χ3n) is 4.38. The van der Waals surface area contributed by atoms with Gasteiger partial charge in [-0.2, -0.15) is 5.10 Å². The second-order valence-electron chi connectivity index (χ2n) is 6.21. The molecule has 3 aromatic rings. The summed E-state index contributed by atoms with van der Waals surface area (Å²) in [4.78, 5) is 12.9. The predicted molar refractivity (Wildman–Crippen MR) is 119 cm³/mol. The van der Waals surface area contributed by atoms with Crippen LogP contribution in [0.3, 0.4) is 0 Å². The van der Waals surface area contributed by atoms with E-state index in [-0.39, 0.29) is 10.7 Å². The lowest BCUT2D eigenvalue weighted by atomic mass is 10.1. The lowest BCUT2D eigenvalue weighted by Gasteiger charge is -2.07. The van der Waals surface area contributed by atoms with Crippen LogP contribution in [-0.4, -0.2) is 20.2 Å². The molecule has 0 spiro atoms. The van der Waals surface area contributed by atoms with Crippen molar-refractivity contribution in [3.05, 3.63) is 81.2 Å². The summed E-state index contributed by atoms with van der Waals surface area (Å²) in [6.45, 7) is 3.71. The van der Waals surface area contributed by atoms with E-state index in [1.165, 1.54) is 0 Å². The molecule has 28 heavy (non-hydrogen) atoms. The molecule has 0 unspecified atom stereocenters. The zero-order valence-electron chi connectivity index (χ0n) is 15.7. The molecule has 3 rings (SSSR count). The Kier molecular flexibility index (Phi) is 5.96. The third kappa shape index (κ3) is 4.16. The molecule has 2 aromatic carbocycles. The van der Waals surface area contributed by atoms with Crippen LogP contribution < -0.4 is 16.3 Å². The van der Waals surface area contributed by atoms with Gasteiger partial charge in [0.2, 0.25) is 0 Å². The van der Waals surface area contributed by atoms with Gasteiger partial charge in [-0.15, -0.1) is 0 Å². The zero-order valence-corrected chi connectivity index (χ0v) is 17.3. The monoisotopic (exact) mass is 413 g/mol. The number of nitrogens with one attached hydrogen (secondary N) is 2. The summed E-state index contributed by atoms with van der Waals surface area (Å²) in [5.74, 6) is 0. The highest BCUT2D eigenvalue weighted by Gasteiger charge is 2.16. The third-order valence-corrected chi connectivity index (χ3v) is 4.83. The number of benzene rings is 2. The molecule has 0 aliphatic heterocycles. The van der Waals surface area contributed by atoms with Crippen molar-refractivity contribution in [3.63, 3.8) is 0 Å². The first-order chi connectivity index (χ1) is 13.4. The van der Waals surface area contributed by atoms with Crippen LogP contribution >= 0.6 is 23.8 Å². The number of halogens is 1. The predicted octanol–water partition coefficient (Wildman–Crippen LogP) is 3.85. The summed E-state index contributed by atoms with van der Waals surface area (Å²) in [5.41, 5.74) is 6.21. The van der Waals surface area contributed by atoms with E-state index in [1.807, 2.05) is 63.4 Å². The van der Waals surface area contributed by atoms with Crippen molar-refractivity contribution < 1.29 is 0 Å². The molecule has 144 valence electrons. The molecule has 1 aromatic heterocycles. The second kappa shape index (κ2) is 8.41. The van der Waals surface area contributed by atoms with Gasteiger partial charge in [-0.3, -0.25) is 14.9 Å². The molecule has 0 saturated heterocycles. The Morgan fingerprint density at radius 3 is 2.39 bits per heavy atom. The van der Waals surface area contributed by atoms with Crippen LogP contribution in [0.25, 0.3) is 5.69 Å². The van der Waals surface area contributed by atoms with E-state index in [4.69, 9.17) is 23.8 Å². The molecule has 0 atom stereocenters. The fourth-order valence-electron chi connectivity index (χ4n) is 2.74. The van der Waals surface area contributed by atoms with E-state index in [9.17, 15) is 4.79 Å². The van der Waals surface area contributed by atoms with Crippen molar-refractivity contribution in [1.82, 2.24) is 14.8 Å². The fraction of sp³-hybridized carbons (Fsp3) is 0.150. The number of anilines is 1. The van der Waals surface area contributed by atoms with Gasteiger partial charge in [0.15, 0.2) is 5.11 Å². The molecule has 0 amide bonds. The van der Waals surface area contributed by atoms with Crippen LogP contribution in [0.2, 0.25) is 5.02 Å². The smallest absolute Gasteiger partial charge is 0.295 e. The zero-order chi connectivity index (χ0) is 20.3. The minimum atomic E-state index is -0.186. The number of aromatic nitrogens is 2. The first-order valence-corrected chi connectivity index (χ1v) is 9.38. The topological polar surface area (TPSA) is 63.4 Å². The lowest BCUT2D eigenvalue weighted by Crippen LogP contribution is -2.28. The van der Waals surface area contributed by atoms with Crippen molar-refractivity contribution in [2.24, 2.45) is 12.1 Å². The first-order valence-electron chi connectivity index (χ1n) is 8.59. The largest absolute Gasteiger partial charge is 0.325 e. The normalized spacial score (nSPS) is 11.4. The Hall–Kier alpha value is -2.90.